The van der Waals surface area contributed by atoms with Crippen LogP contribution in [0.25, 0.3) is 0 Å². The van der Waals surface area contributed by atoms with Crippen LogP contribution in [0.2, 0.25) is 0 Å². The third-order valence-corrected chi connectivity index (χ3v) is 10.5. The number of aliphatic hydroxyl groups excluding tert-OH is 2. The number of carbonyl (C=O) groups excluding carboxylic acids is 2. The van der Waals surface area contributed by atoms with Crippen LogP contribution in [0.1, 0.15) is 64.8 Å². The summed E-state index contributed by atoms with van der Waals surface area (Å²) in [4.78, 5) is 32.2. The third kappa shape index (κ3) is 5.25. The summed E-state index contributed by atoms with van der Waals surface area (Å²) >= 11 is 2.68. The highest BCUT2D eigenvalue weighted by Crippen LogP contribution is 2.62. The lowest BCUT2D eigenvalue weighted by molar-refractivity contribution is -0.144. The molecule has 0 aliphatic heterocycles. The number of benzene rings is 1. The van der Waals surface area contributed by atoms with Crippen LogP contribution in [-0.2, 0) is 17.8 Å². The van der Waals surface area contributed by atoms with Crippen LogP contribution >= 0.6 is 22.7 Å². The minimum absolute atomic E-state index is 0.0283. The zero-order valence-corrected chi connectivity index (χ0v) is 23.3. The number of aliphatic hydroxyl groups is 2. The van der Waals surface area contributed by atoms with Crippen molar-refractivity contribution >= 4 is 39.6 Å². The summed E-state index contributed by atoms with van der Waals surface area (Å²) in [5.41, 5.74) is -0.183. The van der Waals surface area contributed by atoms with Crippen molar-refractivity contribution in [3.8, 4) is 0 Å². The second-order valence-electron chi connectivity index (χ2n) is 11.1. The number of anilines is 1. The Labute approximate surface area is 233 Å². The van der Waals surface area contributed by atoms with Crippen molar-refractivity contribution in [2.24, 2.45) is 16.7 Å². The van der Waals surface area contributed by atoms with Crippen LogP contribution in [0.3, 0.4) is 0 Å². The van der Waals surface area contributed by atoms with Gasteiger partial charge < -0.3 is 15.5 Å². The van der Waals surface area contributed by atoms with E-state index in [1.807, 2.05) is 12.3 Å². The number of halogens is 2. The Morgan fingerprint density at radius 1 is 1.21 bits per heavy atom. The van der Waals surface area contributed by atoms with E-state index in [4.69, 9.17) is 4.98 Å². The monoisotopic (exact) mass is 575 g/mol. The molecule has 7 nitrogen and oxygen atoms in total. The molecule has 0 bridgehead atoms. The van der Waals surface area contributed by atoms with Gasteiger partial charge in [-0.2, -0.15) is 0 Å². The number of amides is 2. The molecule has 1 saturated carbocycles. The normalized spacial score (nSPS) is 27.9. The van der Waals surface area contributed by atoms with Crippen LogP contribution < -0.4 is 10.6 Å². The average molecular weight is 576 g/mol. The Morgan fingerprint density at radius 3 is 2.62 bits per heavy atom. The number of thiazole rings is 1. The third-order valence-electron chi connectivity index (χ3n) is 8.66. The zero-order valence-electron chi connectivity index (χ0n) is 21.7. The molecule has 2 amide bonds. The Hall–Kier alpha value is -2.73. The summed E-state index contributed by atoms with van der Waals surface area (Å²) in [5, 5.41) is 29.2. The van der Waals surface area contributed by atoms with E-state index >= 15 is 0 Å². The van der Waals surface area contributed by atoms with Gasteiger partial charge in [0, 0.05) is 35.2 Å². The number of fused-ring (bicyclic) bond motifs is 2. The first-order valence-corrected chi connectivity index (χ1v) is 14.6. The number of carbonyl (C=O) groups is 2. The van der Waals surface area contributed by atoms with Crippen LogP contribution in [0, 0.1) is 28.4 Å². The van der Waals surface area contributed by atoms with E-state index in [1.54, 1.807) is 12.1 Å². The van der Waals surface area contributed by atoms with E-state index in [9.17, 15) is 28.6 Å². The van der Waals surface area contributed by atoms with Crippen molar-refractivity contribution in [2.45, 2.75) is 58.1 Å². The maximum atomic E-state index is 13.6. The number of aromatic nitrogens is 1. The van der Waals surface area contributed by atoms with Crippen molar-refractivity contribution in [1.82, 2.24) is 10.3 Å². The highest BCUT2D eigenvalue weighted by Gasteiger charge is 2.59. The van der Waals surface area contributed by atoms with Gasteiger partial charge in [0.2, 0.25) is 5.91 Å². The summed E-state index contributed by atoms with van der Waals surface area (Å²) in [6.45, 7) is 3.75. The molecule has 0 saturated heterocycles. The second kappa shape index (κ2) is 10.7. The van der Waals surface area contributed by atoms with E-state index in [-0.39, 0.29) is 43.2 Å². The number of thiophene rings is 1. The summed E-state index contributed by atoms with van der Waals surface area (Å²) in [7, 11) is 0. The number of hydrogen-bond donors (Lipinski definition) is 4. The Morgan fingerprint density at radius 2 is 1.95 bits per heavy atom. The fourth-order valence-electron chi connectivity index (χ4n) is 6.44. The zero-order chi connectivity index (χ0) is 27.9. The smallest absolute Gasteiger partial charge is 0.267 e. The fourth-order valence-corrected chi connectivity index (χ4v) is 8.12. The molecule has 4 N–H and O–H groups in total. The van der Waals surface area contributed by atoms with Crippen LogP contribution in [0.5, 0.6) is 0 Å². The molecule has 3 aromatic rings. The van der Waals surface area contributed by atoms with Crippen molar-refractivity contribution in [2.75, 3.05) is 11.9 Å². The SMILES string of the molecule is CC1(CO)C(O)CCC2(C)C(CC(=O)NCc3cc(F)cc(F)c3)c3nc(NC(=O)c4cccs4)sc3CC12. The van der Waals surface area contributed by atoms with Gasteiger partial charge in [-0.1, -0.05) is 19.9 Å². The molecule has 2 aliphatic carbocycles. The number of nitrogens with one attached hydrogen (secondary N) is 2. The van der Waals surface area contributed by atoms with Gasteiger partial charge in [0.1, 0.15) is 11.6 Å². The molecule has 39 heavy (non-hydrogen) atoms. The van der Waals surface area contributed by atoms with Crippen LogP contribution in [-0.4, -0.2) is 39.7 Å². The minimum atomic E-state index is -0.775. The van der Waals surface area contributed by atoms with Gasteiger partial charge in [-0.25, -0.2) is 13.8 Å². The molecule has 5 unspecified atom stereocenters. The van der Waals surface area contributed by atoms with Gasteiger partial charge in [-0.05, 0) is 59.7 Å². The van der Waals surface area contributed by atoms with Gasteiger partial charge >= 0.3 is 0 Å². The van der Waals surface area contributed by atoms with Gasteiger partial charge in [0.25, 0.3) is 5.91 Å². The fraction of sp³-hybridized carbons (Fsp3) is 0.464. The van der Waals surface area contributed by atoms with E-state index in [0.717, 1.165) is 16.6 Å². The lowest BCUT2D eigenvalue weighted by atomic mass is 9.47. The molecule has 2 aliphatic rings. The lowest BCUT2D eigenvalue weighted by Gasteiger charge is -2.58. The van der Waals surface area contributed by atoms with E-state index in [0.29, 0.717) is 34.8 Å². The van der Waals surface area contributed by atoms with E-state index in [1.165, 1.54) is 34.8 Å². The highest BCUT2D eigenvalue weighted by atomic mass is 32.1. The predicted molar refractivity (Wildman–Crippen MR) is 146 cm³/mol. The molecule has 2 heterocycles. The topological polar surface area (TPSA) is 112 Å². The van der Waals surface area contributed by atoms with Crippen molar-refractivity contribution in [1.29, 1.82) is 0 Å². The summed E-state index contributed by atoms with van der Waals surface area (Å²) < 4.78 is 27.2. The molecule has 5 rings (SSSR count). The van der Waals surface area contributed by atoms with E-state index < -0.39 is 28.6 Å². The van der Waals surface area contributed by atoms with E-state index in [2.05, 4.69) is 17.6 Å². The molecule has 1 fully saturated rings. The number of nitrogens with zero attached hydrogens (tertiary/aromatic N) is 1. The molecule has 11 heteroatoms. The summed E-state index contributed by atoms with van der Waals surface area (Å²) in [6.07, 6.45) is 1.05. The first-order valence-electron chi connectivity index (χ1n) is 12.9. The second-order valence-corrected chi connectivity index (χ2v) is 13.1. The molecule has 2 aromatic heterocycles. The molecular formula is C28H31F2N3O4S2. The standard InChI is InChI=1S/C28H31F2N3O4S2/c1-27-6-5-22(35)28(2,14-34)21(27)12-20-24(32-26(39-20)33-25(37)19-4-3-7-38-19)18(27)11-23(36)31-13-15-8-16(29)10-17(30)9-15/h3-4,7-10,18,21-22,34-35H,5-6,11-14H2,1-2H3,(H,31,36)(H,32,33,37). The van der Waals surface area contributed by atoms with Gasteiger partial charge in [-0.15, -0.1) is 22.7 Å². The number of hydrogen-bond acceptors (Lipinski definition) is 7. The largest absolute Gasteiger partial charge is 0.396 e. The first kappa shape index (κ1) is 27.8. The summed E-state index contributed by atoms with van der Waals surface area (Å²) in [6, 6.07) is 6.67. The Bertz CT molecular complexity index is 1360. The quantitative estimate of drug-likeness (QED) is 0.322. The highest BCUT2D eigenvalue weighted by molar-refractivity contribution is 7.16. The first-order chi connectivity index (χ1) is 18.5. The van der Waals surface area contributed by atoms with Crippen molar-refractivity contribution < 1.29 is 28.6 Å². The Balaban J connectivity index is 1.44. The van der Waals surface area contributed by atoms with Gasteiger partial charge in [0.05, 0.1) is 23.3 Å². The molecule has 5 atom stereocenters. The average Bonchev–Trinajstić information content (AvgIpc) is 3.56. The molecule has 1 aromatic carbocycles. The van der Waals surface area contributed by atoms with Crippen LogP contribution in [0.15, 0.2) is 35.7 Å². The maximum Gasteiger partial charge on any atom is 0.267 e. The van der Waals surface area contributed by atoms with Crippen molar-refractivity contribution in [3.05, 3.63) is 68.4 Å². The molecular weight excluding hydrogens is 544 g/mol. The van der Waals surface area contributed by atoms with Crippen LogP contribution in [0.4, 0.5) is 13.9 Å². The number of rotatable bonds is 7. The van der Waals surface area contributed by atoms with Crippen molar-refractivity contribution in [3.63, 3.8) is 0 Å². The van der Waals surface area contributed by atoms with Gasteiger partial charge in [0.15, 0.2) is 5.13 Å². The summed E-state index contributed by atoms with van der Waals surface area (Å²) in [5.74, 6) is -2.47. The predicted octanol–water partition coefficient (Wildman–Crippen LogP) is 4.86. The lowest BCUT2D eigenvalue weighted by Crippen LogP contribution is -2.57. The van der Waals surface area contributed by atoms with Gasteiger partial charge in [-0.3, -0.25) is 14.9 Å². The Kier molecular flexibility index (Phi) is 7.62. The minimum Gasteiger partial charge on any atom is -0.396 e. The maximum absolute atomic E-state index is 13.6. The molecule has 0 spiro atoms. The molecule has 208 valence electrons. The molecule has 0 radical (unpaired) electrons.